The topological polar surface area (TPSA) is 105 Å². The minimum absolute atomic E-state index is 0.0806. The predicted octanol–water partition coefficient (Wildman–Crippen LogP) is 5.56. The Bertz CT molecular complexity index is 1120. The molecule has 0 fully saturated rings. The van der Waals surface area contributed by atoms with E-state index in [1.54, 1.807) is 18.2 Å². The van der Waals surface area contributed by atoms with Crippen LogP contribution in [0.4, 0.5) is 10.5 Å². The maximum absolute atomic E-state index is 12.9. The van der Waals surface area contributed by atoms with Crippen LogP contribution < -0.4 is 10.1 Å². The summed E-state index contributed by atoms with van der Waals surface area (Å²) in [7, 11) is 0. The van der Waals surface area contributed by atoms with Crippen molar-refractivity contribution < 1.29 is 29.3 Å². The van der Waals surface area contributed by atoms with E-state index in [2.05, 4.69) is 5.32 Å². The number of aliphatic carboxylic acids is 1. The van der Waals surface area contributed by atoms with Crippen molar-refractivity contribution in [2.75, 3.05) is 18.5 Å². The van der Waals surface area contributed by atoms with Crippen molar-refractivity contribution in [3.05, 3.63) is 84.4 Å². The van der Waals surface area contributed by atoms with Crippen molar-refractivity contribution in [1.29, 1.82) is 0 Å². The summed E-state index contributed by atoms with van der Waals surface area (Å²) in [4.78, 5) is 23.6. The Balaban J connectivity index is 1.76. The number of aliphatic hydroxyl groups is 1. The highest BCUT2D eigenvalue weighted by atomic mass is 16.6. The Hall–Kier alpha value is -3.84. The van der Waals surface area contributed by atoms with Crippen LogP contribution in [0.1, 0.15) is 31.4 Å². The molecule has 0 aliphatic carbocycles. The van der Waals surface area contributed by atoms with Gasteiger partial charge >= 0.3 is 12.1 Å². The molecule has 0 heterocycles. The van der Waals surface area contributed by atoms with Crippen LogP contribution in [0.15, 0.2) is 78.9 Å². The molecular weight excluding hydrogens is 434 g/mol. The van der Waals surface area contributed by atoms with Gasteiger partial charge in [-0.3, -0.25) is 5.32 Å². The molecule has 0 aliphatic heterocycles. The molecule has 1 amide bonds. The first-order valence-corrected chi connectivity index (χ1v) is 11.2. The van der Waals surface area contributed by atoms with Crippen LogP contribution >= 0.6 is 0 Å². The van der Waals surface area contributed by atoms with Crippen molar-refractivity contribution in [3.8, 4) is 5.75 Å². The lowest BCUT2D eigenvalue weighted by Crippen LogP contribution is -2.22. The van der Waals surface area contributed by atoms with Crippen LogP contribution in [0.2, 0.25) is 0 Å². The molecule has 0 spiro atoms. The Morgan fingerprint density at radius 1 is 1.03 bits per heavy atom. The number of carboxylic acids is 1. The zero-order valence-electron chi connectivity index (χ0n) is 19.0. The Morgan fingerprint density at radius 2 is 1.76 bits per heavy atom. The molecule has 178 valence electrons. The summed E-state index contributed by atoms with van der Waals surface area (Å²) in [6.45, 7) is 2.07. The van der Waals surface area contributed by atoms with E-state index in [9.17, 15) is 9.59 Å². The second-order valence-electron chi connectivity index (χ2n) is 7.91. The van der Waals surface area contributed by atoms with Crippen LogP contribution in [0.3, 0.4) is 0 Å². The summed E-state index contributed by atoms with van der Waals surface area (Å²) in [6, 6.07) is 20.6. The predicted molar refractivity (Wildman–Crippen MR) is 131 cm³/mol. The Kier molecular flexibility index (Phi) is 9.05. The van der Waals surface area contributed by atoms with Gasteiger partial charge in [0.15, 0.2) is 0 Å². The SMILES string of the molecule is C[C@@H](CC/C=C/C(=O)O)[C@H](OC(=O)Nc1cccc2ccccc12)c1ccc(OCCO)cc1. The van der Waals surface area contributed by atoms with Crippen molar-refractivity contribution in [3.63, 3.8) is 0 Å². The number of carbonyl (C=O) groups excluding carboxylic acids is 1. The molecule has 7 heteroatoms. The zero-order valence-corrected chi connectivity index (χ0v) is 19.0. The van der Waals surface area contributed by atoms with Crippen LogP contribution in [0, 0.1) is 5.92 Å². The van der Waals surface area contributed by atoms with Gasteiger partial charge in [0.1, 0.15) is 18.5 Å². The molecule has 0 saturated carbocycles. The molecule has 3 aromatic rings. The number of ether oxygens (including phenoxy) is 2. The second kappa shape index (κ2) is 12.4. The number of nitrogens with one attached hydrogen (secondary N) is 1. The smallest absolute Gasteiger partial charge is 0.412 e. The van der Waals surface area contributed by atoms with Crippen molar-refractivity contribution in [1.82, 2.24) is 0 Å². The fraction of sp³-hybridized carbons (Fsp3) is 0.259. The number of fused-ring (bicyclic) bond motifs is 1. The molecule has 2 atom stereocenters. The third-order valence-electron chi connectivity index (χ3n) is 5.39. The highest BCUT2D eigenvalue weighted by molar-refractivity contribution is 6.00. The van der Waals surface area contributed by atoms with E-state index in [1.807, 2.05) is 61.5 Å². The number of hydrogen-bond acceptors (Lipinski definition) is 5. The molecule has 0 bridgehead atoms. The van der Waals surface area contributed by atoms with Gasteiger partial charge in [-0.2, -0.15) is 0 Å². The molecule has 0 saturated heterocycles. The summed E-state index contributed by atoms with van der Waals surface area (Å²) < 4.78 is 11.3. The first-order valence-electron chi connectivity index (χ1n) is 11.2. The number of aliphatic hydroxyl groups excluding tert-OH is 1. The van der Waals surface area contributed by atoms with E-state index >= 15 is 0 Å². The van der Waals surface area contributed by atoms with Gasteiger partial charge in [-0.15, -0.1) is 0 Å². The summed E-state index contributed by atoms with van der Waals surface area (Å²) in [5.74, 6) is -0.469. The Morgan fingerprint density at radius 3 is 2.50 bits per heavy atom. The van der Waals surface area contributed by atoms with Crippen LogP contribution in [-0.4, -0.2) is 35.5 Å². The zero-order chi connectivity index (χ0) is 24.3. The first-order chi connectivity index (χ1) is 16.5. The number of carboxylic acid groups (broad SMARTS) is 1. The van der Waals surface area contributed by atoms with Gasteiger partial charge in [0, 0.05) is 11.5 Å². The first kappa shape index (κ1) is 24.8. The van der Waals surface area contributed by atoms with Gasteiger partial charge in [-0.1, -0.05) is 61.5 Å². The van der Waals surface area contributed by atoms with E-state index in [4.69, 9.17) is 19.7 Å². The number of carbonyl (C=O) groups is 2. The average molecular weight is 464 g/mol. The van der Waals surface area contributed by atoms with Gasteiger partial charge in [-0.25, -0.2) is 9.59 Å². The molecular formula is C27H29NO6. The summed E-state index contributed by atoms with van der Waals surface area (Å²) in [6.07, 6.45) is 2.74. The molecule has 3 aromatic carbocycles. The standard InChI is InChI=1S/C27H29NO6/c1-19(7-2-5-12-25(30)31)26(21-13-15-22(16-14-21)33-18-17-29)34-27(32)28-24-11-6-9-20-8-3-4-10-23(20)24/h3-6,8-16,19,26,29H,2,7,17-18H2,1H3,(H,28,32)(H,30,31)/b12-5+/t19-,26-/m0/s1. The van der Waals surface area contributed by atoms with E-state index in [-0.39, 0.29) is 19.1 Å². The third kappa shape index (κ3) is 7.08. The highest BCUT2D eigenvalue weighted by Crippen LogP contribution is 2.32. The third-order valence-corrected chi connectivity index (χ3v) is 5.39. The fourth-order valence-corrected chi connectivity index (χ4v) is 3.71. The number of allylic oxidation sites excluding steroid dienone is 1. The van der Waals surface area contributed by atoms with Gasteiger partial charge < -0.3 is 19.7 Å². The molecule has 7 nitrogen and oxygen atoms in total. The van der Waals surface area contributed by atoms with Gasteiger partial charge in [0.05, 0.1) is 12.3 Å². The number of anilines is 1. The normalized spacial score (nSPS) is 12.9. The fourth-order valence-electron chi connectivity index (χ4n) is 3.71. The van der Waals surface area contributed by atoms with E-state index in [0.717, 1.165) is 22.4 Å². The number of rotatable bonds is 11. The summed E-state index contributed by atoms with van der Waals surface area (Å²) in [5.41, 5.74) is 1.45. The summed E-state index contributed by atoms with van der Waals surface area (Å²) in [5, 5.41) is 22.5. The van der Waals surface area contributed by atoms with E-state index in [1.165, 1.54) is 0 Å². The Labute approximate surface area is 198 Å². The van der Waals surface area contributed by atoms with E-state index in [0.29, 0.717) is 24.3 Å². The van der Waals surface area contributed by atoms with Crippen molar-refractivity contribution in [2.24, 2.45) is 5.92 Å². The van der Waals surface area contributed by atoms with Crippen molar-refractivity contribution >= 4 is 28.5 Å². The molecule has 0 aromatic heterocycles. The average Bonchev–Trinajstić information content (AvgIpc) is 2.84. The molecule has 0 aliphatic rings. The monoisotopic (exact) mass is 463 g/mol. The maximum Gasteiger partial charge on any atom is 0.412 e. The lowest BCUT2D eigenvalue weighted by Gasteiger charge is -2.25. The lowest BCUT2D eigenvalue weighted by atomic mass is 9.93. The quantitative estimate of drug-likeness (QED) is 0.322. The van der Waals surface area contributed by atoms with Gasteiger partial charge in [0.25, 0.3) is 0 Å². The van der Waals surface area contributed by atoms with Crippen LogP contribution in [0.5, 0.6) is 5.75 Å². The second-order valence-corrected chi connectivity index (χ2v) is 7.91. The van der Waals surface area contributed by atoms with Crippen LogP contribution in [0.25, 0.3) is 10.8 Å². The van der Waals surface area contributed by atoms with Crippen LogP contribution in [-0.2, 0) is 9.53 Å². The number of amides is 1. The largest absolute Gasteiger partial charge is 0.491 e. The van der Waals surface area contributed by atoms with Crippen molar-refractivity contribution in [2.45, 2.75) is 25.9 Å². The minimum Gasteiger partial charge on any atom is -0.491 e. The molecule has 0 radical (unpaired) electrons. The molecule has 3 rings (SSSR count). The summed E-state index contributed by atoms with van der Waals surface area (Å²) >= 11 is 0. The minimum atomic E-state index is -0.992. The molecule has 34 heavy (non-hydrogen) atoms. The van der Waals surface area contributed by atoms with Gasteiger partial charge in [0.2, 0.25) is 0 Å². The highest BCUT2D eigenvalue weighted by Gasteiger charge is 2.24. The number of benzene rings is 3. The lowest BCUT2D eigenvalue weighted by molar-refractivity contribution is -0.131. The van der Waals surface area contributed by atoms with E-state index < -0.39 is 18.2 Å². The van der Waals surface area contributed by atoms with Gasteiger partial charge in [-0.05, 0) is 47.9 Å². The molecule has 0 unspecified atom stereocenters. The number of hydrogen-bond donors (Lipinski definition) is 3. The maximum atomic E-state index is 12.9. The molecule has 3 N–H and O–H groups in total.